The number of pyridine rings is 1. The Balaban J connectivity index is 1.47. The molecule has 0 fully saturated rings. The molecule has 234 valence electrons. The Labute approximate surface area is 265 Å². The molecular formula is C35H36ClN3O6. The molecule has 1 N–H and O–H groups in total. The molecule has 5 aromatic rings. The lowest BCUT2D eigenvalue weighted by atomic mass is 9.98. The third kappa shape index (κ3) is 6.88. The van der Waals surface area contributed by atoms with Gasteiger partial charge in [0.1, 0.15) is 17.9 Å². The first-order valence-corrected chi connectivity index (χ1v) is 15.4. The first-order chi connectivity index (χ1) is 21.5. The van der Waals surface area contributed by atoms with Gasteiger partial charge in [0.05, 0.1) is 28.7 Å². The van der Waals surface area contributed by atoms with Crippen LogP contribution in [0.15, 0.2) is 76.4 Å². The summed E-state index contributed by atoms with van der Waals surface area (Å²) < 4.78 is 13.8. The van der Waals surface area contributed by atoms with Gasteiger partial charge in [0, 0.05) is 23.2 Å². The second kappa shape index (κ2) is 13.2. The van der Waals surface area contributed by atoms with E-state index in [-0.39, 0.29) is 16.7 Å². The quantitative estimate of drug-likeness (QED) is 0.0797. The van der Waals surface area contributed by atoms with Crippen molar-refractivity contribution in [2.75, 3.05) is 12.5 Å². The summed E-state index contributed by atoms with van der Waals surface area (Å²) in [6.07, 6.45) is 4.77. The molecule has 0 aliphatic heterocycles. The summed E-state index contributed by atoms with van der Waals surface area (Å²) >= 11 is 5.75. The molecule has 3 heterocycles. The summed E-state index contributed by atoms with van der Waals surface area (Å²) in [6.45, 7) is 7.12. The van der Waals surface area contributed by atoms with Crippen LogP contribution in [0.4, 0.5) is 0 Å². The molecule has 9 nitrogen and oxygen atoms in total. The zero-order valence-corrected chi connectivity index (χ0v) is 26.6. The molecule has 0 saturated heterocycles. The minimum Gasteiger partial charge on any atom is -0.494 e. The van der Waals surface area contributed by atoms with Gasteiger partial charge in [0.2, 0.25) is 5.78 Å². The topological polar surface area (TPSA) is 112 Å². The van der Waals surface area contributed by atoms with E-state index >= 15 is 0 Å². The van der Waals surface area contributed by atoms with Crippen molar-refractivity contribution in [2.45, 2.75) is 59.1 Å². The molecule has 0 aliphatic rings. The van der Waals surface area contributed by atoms with Crippen LogP contribution in [-0.2, 0) is 16.1 Å². The van der Waals surface area contributed by atoms with Gasteiger partial charge in [0.25, 0.3) is 5.56 Å². The smallest absolute Gasteiger partial charge is 0.329 e. The zero-order valence-electron chi connectivity index (χ0n) is 25.8. The van der Waals surface area contributed by atoms with Crippen LogP contribution in [0.2, 0.25) is 0 Å². The molecule has 0 atom stereocenters. The Bertz CT molecular complexity index is 2000. The highest BCUT2D eigenvalue weighted by Gasteiger charge is 2.24. The van der Waals surface area contributed by atoms with Crippen LogP contribution in [-0.4, -0.2) is 43.8 Å². The maximum atomic E-state index is 14.0. The molecule has 0 aliphatic carbocycles. The van der Waals surface area contributed by atoms with E-state index in [2.05, 4.69) is 4.98 Å². The Morgan fingerprint density at radius 1 is 0.956 bits per heavy atom. The number of alkyl halides is 1. The van der Waals surface area contributed by atoms with Crippen molar-refractivity contribution in [2.24, 2.45) is 0 Å². The molecule has 2 aromatic carbocycles. The van der Waals surface area contributed by atoms with E-state index in [0.29, 0.717) is 23.7 Å². The summed E-state index contributed by atoms with van der Waals surface area (Å²) in [7, 11) is 0. The number of fused-ring (bicyclic) bond motifs is 2. The molecule has 0 saturated carbocycles. The minimum absolute atomic E-state index is 0.175. The maximum absolute atomic E-state index is 14.0. The number of hydrogen-bond donors (Lipinski definition) is 1. The molecule has 5 rings (SSSR count). The highest BCUT2D eigenvalue weighted by atomic mass is 35.5. The van der Waals surface area contributed by atoms with Crippen molar-refractivity contribution in [3.8, 4) is 16.9 Å². The van der Waals surface area contributed by atoms with Crippen LogP contribution in [0.1, 0.15) is 61.6 Å². The van der Waals surface area contributed by atoms with Crippen LogP contribution >= 0.6 is 11.6 Å². The summed E-state index contributed by atoms with van der Waals surface area (Å²) in [5.74, 6) is 0.464. The fraction of sp³-hybridized carbons (Fsp3) is 0.314. The van der Waals surface area contributed by atoms with Crippen molar-refractivity contribution in [3.63, 3.8) is 0 Å². The van der Waals surface area contributed by atoms with E-state index < -0.39 is 29.4 Å². The molecular weight excluding hydrogens is 594 g/mol. The van der Waals surface area contributed by atoms with Gasteiger partial charge in [-0.1, -0.05) is 24.3 Å². The fourth-order valence-electron chi connectivity index (χ4n) is 5.44. The number of rotatable bonds is 11. The van der Waals surface area contributed by atoms with Gasteiger partial charge in [-0.05, 0) is 94.5 Å². The normalized spacial score (nSPS) is 11.7. The van der Waals surface area contributed by atoms with Gasteiger partial charge >= 0.3 is 11.7 Å². The van der Waals surface area contributed by atoms with E-state index in [1.54, 1.807) is 26.8 Å². The number of aromatic amines is 1. The lowest BCUT2D eigenvalue weighted by molar-refractivity contribution is -0.155. The SMILES string of the molecule is Cc1c(-c2ccc(OCCCCCCl)cc2)c2ccccn2c1C(=O)c1ccc2c(=O)n(CC(=O)OC(C)(C)C)c(=O)[nH]c2c1. The molecule has 0 bridgehead atoms. The van der Waals surface area contributed by atoms with E-state index in [9.17, 15) is 19.2 Å². The fourth-order valence-corrected chi connectivity index (χ4v) is 5.63. The molecule has 45 heavy (non-hydrogen) atoms. The first kappa shape index (κ1) is 31.8. The molecule has 10 heteroatoms. The molecule has 0 amide bonds. The second-order valence-electron chi connectivity index (χ2n) is 11.9. The van der Waals surface area contributed by atoms with Gasteiger partial charge in [-0.3, -0.25) is 14.4 Å². The van der Waals surface area contributed by atoms with E-state index in [4.69, 9.17) is 21.1 Å². The van der Waals surface area contributed by atoms with Gasteiger partial charge in [-0.15, -0.1) is 11.6 Å². The molecule has 0 unspecified atom stereocenters. The van der Waals surface area contributed by atoms with E-state index in [1.807, 2.05) is 60.0 Å². The lowest BCUT2D eigenvalue weighted by Crippen LogP contribution is -2.39. The summed E-state index contributed by atoms with van der Waals surface area (Å²) in [5, 5.41) is 0.175. The van der Waals surface area contributed by atoms with Crippen molar-refractivity contribution < 1.29 is 19.1 Å². The maximum Gasteiger partial charge on any atom is 0.329 e. The van der Waals surface area contributed by atoms with Crippen LogP contribution in [0.25, 0.3) is 27.5 Å². The summed E-state index contributed by atoms with van der Waals surface area (Å²) in [6, 6.07) is 18.1. The van der Waals surface area contributed by atoms with Gasteiger partial charge in [-0.25, -0.2) is 9.36 Å². The second-order valence-corrected chi connectivity index (χ2v) is 12.3. The number of hydrogen-bond acceptors (Lipinski definition) is 6. The van der Waals surface area contributed by atoms with Gasteiger partial charge < -0.3 is 18.9 Å². The van der Waals surface area contributed by atoms with Crippen LogP contribution in [0.3, 0.4) is 0 Å². The number of halogens is 1. The largest absolute Gasteiger partial charge is 0.494 e. The van der Waals surface area contributed by atoms with E-state index in [1.165, 1.54) is 12.1 Å². The number of ketones is 1. The van der Waals surface area contributed by atoms with Crippen molar-refractivity contribution in [1.82, 2.24) is 14.0 Å². The molecule has 3 aromatic heterocycles. The predicted octanol–water partition coefficient (Wildman–Crippen LogP) is 6.28. The Hall–Kier alpha value is -4.63. The van der Waals surface area contributed by atoms with E-state index in [0.717, 1.165) is 51.8 Å². The molecule has 0 radical (unpaired) electrons. The number of carbonyl (C=O) groups is 2. The zero-order chi connectivity index (χ0) is 32.3. The van der Waals surface area contributed by atoms with Crippen LogP contribution in [0, 0.1) is 6.92 Å². The Morgan fingerprint density at radius 2 is 1.71 bits per heavy atom. The lowest BCUT2D eigenvalue weighted by Gasteiger charge is -2.19. The standard InChI is InChI=1S/C35H36ClN3O6/c1-22-30(23-11-14-25(15-12-23)44-19-9-5-7-17-36)28-10-6-8-18-38(28)31(22)32(41)24-13-16-26-27(20-24)37-34(43)39(33(26)42)21-29(40)45-35(2,3)4/h6,8,10-16,18,20H,5,7,9,17,19,21H2,1-4H3,(H,37,43). The monoisotopic (exact) mass is 629 g/mol. The average molecular weight is 630 g/mol. The number of aromatic nitrogens is 3. The Morgan fingerprint density at radius 3 is 2.42 bits per heavy atom. The highest BCUT2D eigenvalue weighted by Crippen LogP contribution is 2.35. The third-order valence-electron chi connectivity index (χ3n) is 7.44. The number of H-pyrrole nitrogens is 1. The van der Waals surface area contributed by atoms with Gasteiger partial charge in [0.15, 0.2) is 0 Å². The predicted molar refractivity (Wildman–Crippen MR) is 176 cm³/mol. The summed E-state index contributed by atoms with van der Waals surface area (Å²) in [4.78, 5) is 55.0. The average Bonchev–Trinajstić information content (AvgIpc) is 3.29. The van der Waals surface area contributed by atoms with Crippen molar-refractivity contribution >= 4 is 39.8 Å². The number of nitrogens with one attached hydrogen (secondary N) is 1. The van der Waals surface area contributed by atoms with Crippen molar-refractivity contribution in [3.05, 3.63) is 105 Å². The minimum atomic E-state index is -0.766. The summed E-state index contributed by atoms with van der Waals surface area (Å²) in [5.41, 5.74) is 2.33. The number of ether oxygens (including phenoxy) is 2. The number of benzene rings is 2. The number of esters is 1. The van der Waals surface area contributed by atoms with Gasteiger partial charge in [-0.2, -0.15) is 0 Å². The Kier molecular flexibility index (Phi) is 9.29. The number of nitrogens with zero attached hydrogens (tertiary/aromatic N) is 2. The van der Waals surface area contributed by atoms with Crippen molar-refractivity contribution in [1.29, 1.82) is 0 Å². The number of carbonyl (C=O) groups excluding carboxylic acids is 2. The van der Waals surface area contributed by atoms with Crippen LogP contribution in [0.5, 0.6) is 5.75 Å². The highest BCUT2D eigenvalue weighted by molar-refractivity contribution is 6.17. The first-order valence-electron chi connectivity index (χ1n) is 14.9. The molecule has 0 spiro atoms. The third-order valence-corrected chi connectivity index (χ3v) is 7.71. The number of unbranched alkanes of at least 4 members (excludes halogenated alkanes) is 2. The van der Waals surface area contributed by atoms with Crippen LogP contribution < -0.4 is 16.0 Å².